The van der Waals surface area contributed by atoms with Crippen LogP contribution in [0, 0.1) is 0 Å². The van der Waals surface area contributed by atoms with E-state index in [1.165, 1.54) is 12.7 Å². The van der Waals surface area contributed by atoms with Crippen molar-refractivity contribution in [2.45, 2.75) is 38.0 Å². The third-order valence-corrected chi connectivity index (χ3v) is 5.88. The summed E-state index contributed by atoms with van der Waals surface area (Å²) < 4.78 is 1.61. The van der Waals surface area contributed by atoms with Gasteiger partial charge in [0.25, 0.3) is 5.91 Å². The summed E-state index contributed by atoms with van der Waals surface area (Å²) in [5.41, 5.74) is 2.79. The number of nitrogens with zero attached hydrogens (tertiary/aromatic N) is 7. The molecule has 0 bridgehead atoms. The molecule has 4 aromatic rings. The van der Waals surface area contributed by atoms with Crippen molar-refractivity contribution in [1.82, 2.24) is 34.7 Å². The average Bonchev–Trinajstić information content (AvgIpc) is 3.26. The van der Waals surface area contributed by atoms with Gasteiger partial charge in [0.15, 0.2) is 5.69 Å². The van der Waals surface area contributed by atoms with Crippen molar-refractivity contribution in [3.05, 3.63) is 66.9 Å². The second-order valence-corrected chi connectivity index (χ2v) is 8.29. The molecule has 4 aromatic heterocycles. The van der Waals surface area contributed by atoms with Gasteiger partial charge in [-0.1, -0.05) is 25.3 Å². The first-order valence-corrected chi connectivity index (χ1v) is 11.3. The van der Waals surface area contributed by atoms with E-state index >= 15 is 0 Å². The fraction of sp³-hybridized carbons (Fsp3) is 0.292. The van der Waals surface area contributed by atoms with Gasteiger partial charge in [0, 0.05) is 25.2 Å². The lowest BCUT2D eigenvalue weighted by Gasteiger charge is -2.21. The van der Waals surface area contributed by atoms with Crippen molar-refractivity contribution in [3.8, 4) is 11.4 Å². The molecule has 10 heteroatoms. The summed E-state index contributed by atoms with van der Waals surface area (Å²) >= 11 is 0. The van der Waals surface area contributed by atoms with E-state index < -0.39 is 0 Å². The second kappa shape index (κ2) is 9.74. The van der Waals surface area contributed by atoms with Crippen LogP contribution < -0.4 is 10.6 Å². The maximum absolute atomic E-state index is 13.4. The first-order chi connectivity index (χ1) is 16.7. The van der Waals surface area contributed by atoms with Crippen LogP contribution in [-0.2, 0) is 7.05 Å². The van der Waals surface area contributed by atoms with E-state index in [0.717, 1.165) is 31.4 Å². The first-order valence-electron chi connectivity index (χ1n) is 11.3. The van der Waals surface area contributed by atoms with Gasteiger partial charge in [-0.15, -0.1) is 0 Å². The van der Waals surface area contributed by atoms with E-state index in [-0.39, 0.29) is 17.5 Å². The van der Waals surface area contributed by atoms with Gasteiger partial charge in [-0.3, -0.25) is 14.5 Å². The van der Waals surface area contributed by atoms with Gasteiger partial charge in [0.05, 0.1) is 35.7 Å². The summed E-state index contributed by atoms with van der Waals surface area (Å²) in [6.45, 7) is 0. The Bertz CT molecular complexity index is 1270. The highest BCUT2D eigenvalue weighted by molar-refractivity contribution is 6.06. The minimum absolute atomic E-state index is 0.264. The van der Waals surface area contributed by atoms with Crippen LogP contribution >= 0.6 is 0 Å². The molecule has 0 radical (unpaired) electrons. The molecule has 5 rings (SSSR count). The Kier molecular flexibility index (Phi) is 6.19. The van der Waals surface area contributed by atoms with Gasteiger partial charge >= 0.3 is 0 Å². The molecular weight excluding hydrogens is 430 g/mol. The van der Waals surface area contributed by atoms with Gasteiger partial charge in [0.2, 0.25) is 0 Å². The third-order valence-electron chi connectivity index (χ3n) is 5.88. The molecule has 0 aromatic carbocycles. The summed E-state index contributed by atoms with van der Waals surface area (Å²) in [5.74, 6) is 1.16. The van der Waals surface area contributed by atoms with E-state index in [9.17, 15) is 4.79 Å². The lowest BCUT2D eigenvalue weighted by molar-refractivity contribution is 0.102. The maximum atomic E-state index is 13.4. The fourth-order valence-corrected chi connectivity index (χ4v) is 4.14. The highest BCUT2D eigenvalue weighted by atomic mass is 16.2. The standard InChI is InChI=1S/C24H25N9O/c1-33-21(11-19(32-33)18-9-5-6-10-27-18)30-24(34)22-20(29-17-12-25-15-26-13-17)14-28-23(31-22)16-7-3-2-4-8-16/h5-6,9-16,29H,2-4,7-8H2,1H3,(H,30,34). The quantitative estimate of drug-likeness (QED) is 0.445. The Balaban J connectivity index is 1.45. The van der Waals surface area contributed by atoms with Crippen molar-refractivity contribution in [3.63, 3.8) is 0 Å². The minimum Gasteiger partial charge on any atom is -0.350 e. The number of hydrogen-bond acceptors (Lipinski definition) is 8. The monoisotopic (exact) mass is 455 g/mol. The molecule has 1 aliphatic carbocycles. The van der Waals surface area contributed by atoms with E-state index in [2.05, 4.69) is 35.7 Å². The van der Waals surface area contributed by atoms with E-state index in [0.29, 0.717) is 28.7 Å². The molecule has 0 unspecified atom stereocenters. The minimum atomic E-state index is -0.352. The number of carbonyl (C=O) groups excluding carboxylic acids is 1. The highest BCUT2D eigenvalue weighted by Gasteiger charge is 2.23. The Hall–Kier alpha value is -4.21. The molecule has 1 aliphatic rings. The number of anilines is 3. The van der Waals surface area contributed by atoms with Crippen LogP contribution in [0.1, 0.15) is 54.3 Å². The number of amides is 1. The van der Waals surface area contributed by atoms with E-state index in [1.54, 1.807) is 42.6 Å². The summed E-state index contributed by atoms with van der Waals surface area (Å²) in [7, 11) is 1.77. The van der Waals surface area contributed by atoms with Crippen LogP contribution in [0.15, 0.2) is 55.4 Å². The summed E-state index contributed by atoms with van der Waals surface area (Å²) in [6.07, 6.45) is 13.7. The molecular formula is C24H25N9O. The molecule has 2 N–H and O–H groups in total. The van der Waals surface area contributed by atoms with Crippen molar-refractivity contribution in [2.75, 3.05) is 10.6 Å². The molecule has 1 fully saturated rings. The van der Waals surface area contributed by atoms with Crippen molar-refractivity contribution >= 4 is 23.1 Å². The van der Waals surface area contributed by atoms with Gasteiger partial charge in [-0.25, -0.2) is 19.9 Å². The number of rotatable bonds is 6. The molecule has 0 aliphatic heterocycles. The molecule has 172 valence electrons. The molecule has 1 saturated carbocycles. The van der Waals surface area contributed by atoms with Crippen LogP contribution in [0.4, 0.5) is 17.2 Å². The zero-order valence-electron chi connectivity index (χ0n) is 18.8. The van der Waals surface area contributed by atoms with Crippen LogP contribution in [0.5, 0.6) is 0 Å². The molecule has 10 nitrogen and oxygen atoms in total. The Morgan fingerprint density at radius 1 is 1.03 bits per heavy atom. The van der Waals surface area contributed by atoms with Crippen LogP contribution in [-0.4, -0.2) is 40.6 Å². The normalized spacial score (nSPS) is 14.0. The maximum Gasteiger partial charge on any atom is 0.277 e. The number of aryl methyl sites for hydroxylation is 1. The Morgan fingerprint density at radius 2 is 1.85 bits per heavy atom. The number of nitrogens with one attached hydrogen (secondary N) is 2. The van der Waals surface area contributed by atoms with Gasteiger partial charge in [-0.2, -0.15) is 5.10 Å². The summed E-state index contributed by atoms with van der Waals surface area (Å²) in [6, 6.07) is 7.41. The smallest absolute Gasteiger partial charge is 0.277 e. The predicted molar refractivity (Wildman–Crippen MR) is 128 cm³/mol. The van der Waals surface area contributed by atoms with E-state index in [4.69, 9.17) is 4.98 Å². The lowest BCUT2D eigenvalue weighted by atomic mass is 9.88. The molecule has 0 spiro atoms. The highest BCUT2D eigenvalue weighted by Crippen LogP contribution is 2.32. The predicted octanol–water partition coefficient (Wildman–Crippen LogP) is 4.11. The Morgan fingerprint density at radius 3 is 2.62 bits per heavy atom. The topological polar surface area (TPSA) is 123 Å². The van der Waals surface area contributed by atoms with Gasteiger partial charge < -0.3 is 10.6 Å². The van der Waals surface area contributed by atoms with Crippen molar-refractivity contribution < 1.29 is 4.79 Å². The SMILES string of the molecule is Cn1nc(-c2ccccn2)cc1NC(=O)c1nc(C2CCCCC2)ncc1Nc1cncnc1. The number of hydrogen-bond donors (Lipinski definition) is 2. The molecule has 0 saturated heterocycles. The van der Waals surface area contributed by atoms with Crippen LogP contribution in [0.25, 0.3) is 11.4 Å². The second-order valence-electron chi connectivity index (χ2n) is 8.29. The fourth-order valence-electron chi connectivity index (χ4n) is 4.14. The molecule has 34 heavy (non-hydrogen) atoms. The van der Waals surface area contributed by atoms with Crippen LogP contribution in [0.3, 0.4) is 0 Å². The van der Waals surface area contributed by atoms with Crippen LogP contribution in [0.2, 0.25) is 0 Å². The molecule has 4 heterocycles. The third kappa shape index (κ3) is 4.75. The lowest BCUT2D eigenvalue weighted by Crippen LogP contribution is -2.20. The number of aromatic nitrogens is 7. The largest absolute Gasteiger partial charge is 0.350 e. The van der Waals surface area contributed by atoms with Gasteiger partial charge in [0.1, 0.15) is 23.7 Å². The van der Waals surface area contributed by atoms with Crippen molar-refractivity contribution in [1.29, 1.82) is 0 Å². The summed E-state index contributed by atoms with van der Waals surface area (Å²) in [4.78, 5) is 35.1. The Labute approximate surface area is 196 Å². The number of carbonyl (C=O) groups is 1. The molecule has 0 atom stereocenters. The summed E-state index contributed by atoms with van der Waals surface area (Å²) in [5, 5.41) is 10.6. The number of pyridine rings is 1. The van der Waals surface area contributed by atoms with Crippen molar-refractivity contribution in [2.24, 2.45) is 7.05 Å². The zero-order valence-corrected chi connectivity index (χ0v) is 18.8. The van der Waals surface area contributed by atoms with Gasteiger partial charge in [-0.05, 0) is 25.0 Å². The zero-order chi connectivity index (χ0) is 23.3. The average molecular weight is 456 g/mol. The first kappa shape index (κ1) is 21.6. The molecule has 1 amide bonds. The van der Waals surface area contributed by atoms with E-state index in [1.807, 2.05) is 18.2 Å².